The van der Waals surface area contributed by atoms with Crippen LogP contribution >= 0.6 is 27.7 Å². The van der Waals surface area contributed by atoms with Gasteiger partial charge in [0.1, 0.15) is 0 Å². The molecule has 118 valence electrons. The van der Waals surface area contributed by atoms with Gasteiger partial charge >= 0.3 is 0 Å². The van der Waals surface area contributed by atoms with Gasteiger partial charge in [0.15, 0.2) is 21.4 Å². The summed E-state index contributed by atoms with van der Waals surface area (Å²) in [5, 5.41) is 11.7. The fraction of sp³-hybridized carbons (Fsp3) is 0.133. The number of nitrogens with one attached hydrogen (secondary N) is 1. The zero-order chi connectivity index (χ0) is 16.2. The molecule has 0 aliphatic heterocycles. The minimum atomic E-state index is -0.0912. The van der Waals surface area contributed by atoms with Crippen molar-refractivity contribution >= 4 is 39.3 Å². The number of para-hydroxylation sites is 1. The highest BCUT2D eigenvalue weighted by Crippen LogP contribution is 2.26. The van der Waals surface area contributed by atoms with E-state index in [0.717, 1.165) is 5.69 Å². The number of carbonyl (C=O) groups excluding carboxylic acids is 1. The van der Waals surface area contributed by atoms with Crippen molar-refractivity contribution in [2.24, 2.45) is 7.05 Å². The maximum Gasteiger partial charge on any atom is 0.234 e. The summed E-state index contributed by atoms with van der Waals surface area (Å²) in [5.74, 6) is 1.39. The lowest BCUT2D eigenvalue weighted by Crippen LogP contribution is -2.14. The van der Waals surface area contributed by atoms with Gasteiger partial charge in [-0.05, 0) is 40.2 Å². The van der Waals surface area contributed by atoms with E-state index in [1.165, 1.54) is 11.8 Å². The number of furan rings is 1. The molecule has 0 fully saturated rings. The highest BCUT2D eigenvalue weighted by Gasteiger charge is 2.15. The van der Waals surface area contributed by atoms with Crippen LogP contribution in [0.3, 0.4) is 0 Å². The third-order valence-corrected chi connectivity index (χ3v) is 4.46. The van der Waals surface area contributed by atoms with E-state index in [9.17, 15) is 4.79 Å². The quantitative estimate of drug-likeness (QED) is 0.671. The highest BCUT2D eigenvalue weighted by molar-refractivity contribution is 9.10. The van der Waals surface area contributed by atoms with Crippen molar-refractivity contribution in [2.75, 3.05) is 11.1 Å². The fourth-order valence-corrected chi connectivity index (χ4v) is 2.96. The first-order valence-corrected chi connectivity index (χ1v) is 8.54. The van der Waals surface area contributed by atoms with Gasteiger partial charge < -0.3 is 14.3 Å². The molecule has 0 bridgehead atoms. The van der Waals surface area contributed by atoms with Gasteiger partial charge in [-0.25, -0.2) is 0 Å². The molecule has 2 aromatic heterocycles. The monoisotopic (exact) mass is 392 g/mol. The van der Waals surface area contributed by atoms with Crippen LogP contribution in [-0.2, 0) is 11.8 Å². The summed E-state index contributed by atoms with van der Waals surface area (Å²) in [6.45, 7) is 0. The highest BCUT2D eigenvalue weighted by atomic mass is 79.9. The smallest absolute Gasteiger partial charge is 0.234 e. The summed E-state index contributed by atoms with van der Waals surface area (Å²) in [7, 11) is 1.84. The number of benzene rings is 1. The zero-order valence-electron chi connectivity index (χ0n) is 12.2. The van der Waals surface area contributed by atoms with Crippen LogP contribution in [0.25, 0.3) is 11.6 Å². The molecular formula is C15H13BrN4O2S. The molecule has 0 atom stereocenters. The molecular weight excluding hydrogens is 380 g/mol. The number of thioether (sulfide) groups is 1. The van der Waals surface area contributed by atoms with E-state index in [-0.39, 0.29) is 11.7 Å². The Morgan fingerprint density at radius 1 is 1.26 bits per heavy atom. The maximum absolute atomic E-state index is 12.0. The molecule has 0 radical (unpaired) electrons. The molecule has 1 amide bonds. The van der Waals surface area contributed by atoms with E-state index in [1.807, 2.05) is 43.4 Å². The lowest BCUT2D eigenvalue weighted by atomic mass is 10.3. The Balaban J connectivity index is 1.63. The Morgan fingerprint density at radius 2 is 2.04 bits per heavy atom. The molecule has 1 N–H and O–H groups in total. The van der Waals surface area contributed by atoms with E-state index < -0.39 is 0 Å². The van der Waals surface area contributed by atoms with Crippen LogP contribution in [0.15, 0.2) is 56.7 Å². The Kier molecular flexibility index (Phi) is 4.82. The van der Waals surface area contributed by atoms with Crippen LogP contribution in [0.2, 0.25) is 0 Å². The van der Waals surface area contributed by atoms with Gasteiger partial charge in [-0.3, -0.25) is 4.79 Å². The molecule has 8 heteroatoms. The molecule has 0 aliphatic carbocycles. The first kappa shape index (κ1) is 15.8. The molecule has 0 saturated heterocycles. The standard InChI is InChI=1S/C15H13BrN4O2S/c1-20-14(11-7-8-12(16)22-11)18-19-15(20)23-9-13(21)17-10-5-3-2-4-6-10/h2-8H,9H2,1H3,(H,17,21). The second-order valence-corrected chi connectivity index (χ2v) is 6.40. The third-order valence-electron chi connectivity index (χ3n) is 3.02. The molecule has 0 unspecified atom stereocenters. The second kappa shape index (κ2) is 7.01. The van der Waals surface area contributed by atoms with Crippen LogP contribution in [0.4, 0.5) is 5.69 Å². The summed E-state index contributed by atoms with van der Waals surface area (Å²) < 4.78 is 7.90. The van der Waals surface area contributed by atoms with Crippen molar-refractivity contribution in [2.45, 2.75) is 5.16 Å². The van der Waals surface area contributed by atoms with E-state index in [4.69, 9.17) is 4.42 Å². The molecule has 0 saturated carbocycles. The molecule has 1 aromatic carbocycles. The number of nitrogens with zero attached hydrogens (tertiary/aromatic N) is 3. The molecule has 6 nitrogen and oxygen atoms in total. The number of halogens is 1. The van der Waals surface area contributed by atoms with E-state index in [1.54, 1.807) is 10.6 Å². The Bertz CT molecular complexity index is 816. The normalized spacial score (nSPS) is 10.7. The van der Waals surface area contributed by atoms with Gasteiger partial charge in [-0.15, -0.1) is 10.2 Å². The number of amides is 1. The molecule has 0 aliphatic rings. The summed E-state index contributed by atoms with van der Waals surface area (Å²) in [6, 6.07) is 12.9. The van der Waals surface area contributed by atoms with Crippen molar-refractivity contribution in [3.05, 3.63) is 47.1 Å². The number of hydrogen-bond acceptors (Lipinski definition) is 5. The van der Waals surface area contributed by atoms with Gasteiger partial charge in [-0.1, -0.05) is 30.0 Å². The molecule has 3 aromatic rings. The lowest BCUT2D eigenvalue weighted by molar-refractivity contribution is -0.113. The minimum absolute atomic E-state index is 0.0912. The maximum atomic E-state index is 12.0. The average Bonchev–Trinajstić information content (AvgIpc) is 3.12. The third kappa shape index (κ3) is 3.83. The zero-order valence-corrected chi connectivity index (χ0v) is 14.6. The predicted octanol–water partition coefficient (Wildman–Crippen LogP) is 3.57. The Morgan fingerprint density at radius 3 is 2.74 bits per heavy atom. The Labute approximate surface area is 145 Å². The summed E-state index contributed by atoms with van der Waals surface area (Å²) >= 11 is 4.58. The van der Waals surface area contributed by atoms with Crippen molar-refractivity contribution in [1.29, 1.82) is 0 Å². The van der Waals surface area contributed by atoms with Gasteiger partial charge in [-0.2, -0.15) is 0 Å². The topological polar surface area (TPSA) is 73.0 Å². The van der Waals surface area contributed by atoms with Crippen LogP contribution < -0.4 is 5.32 Å². The molecule has 23 heavy (non-hydrogen) atoms. The first-order valence-electron chi connectivity index (χ1n) is 6.76. The van der Waals surface area contributed by atoms with Crippen molar-refractivity contribution in [1.82, 2.24) is 14.8 Å². The molecule has 0 spiro atoms. The Hall–Kier alpha value is -2.06. The molecule has 3 rings (SSSR count). The number of rotatable bonds is 5. The van der Waals surface area contributed by atoms with Crippen LogP contribution in [0, 0.1) is 0 Å². The van der Waals surface area contributed by atoms with Crippen LogP contribution in [0.5, 0.6) is 0 Å². The van der Waals surface area contributed by atoms with Crippen LogP contribution in [0.1, 0.15) is 0 Å². The predicted molar refractivity (Wildman–Crippen MR) is 92.2 cm³/mol. The van der Waals surface area contributed by atoms with E-state index in [0.29, 0.717) is 21.4 Å². The minimum Gasteiger partial charge on any atom is -0.446 e. The summed E-state index contributed by atoms with van der Waals surface area (Å²) in [5.41, 5.74) is 0.775. The van der Waals surface area contributed by atoms with Crippen LogP contribution in [-0.4, -0.2) is 26.4 Å². The number of hydrogen-bond donors (Lipinski definition) is 1. The van der Waals surface area contributed by atoms with Gasteiger partial charge in [0, 0.05) is 12.7 Å². The van der Waals surface area contributed by atoms with E-state index >= 15 is 0 Å². The first-order chi connectivity index (χ1) is 11.1. The van der Waals surface area contributed by atoms with Crippen molar-refractivity contribution in [3.8, 4) is 11.6 Å². The summed E-state index contributed by atoms with van der Waals surface area (Å²) in [4.78, 5) is 12.0. The average molecular weight is 393 g/mol. The van der Waals surface area contributed by atoms with Crippen molar-refractivity contribution < 1.29 is 9.21 Å². The number of aromatic nitrogens is 3. The molecule has 2 heterocycles. The van der Waals surface area contributed by atoms with Gasteiger partial charge in [0.25, 0.3) is 0 Å². The number of carbonyl (C=O) groups is 1. The van der Waals surface area contributed by atoms with Crippen molar-refractivity contribution in [3.63, 3.8) is 0 Å². The fourth-order valence-electron chi connectivity index (χ4n) is 1.94. The lowest BCUT2D eigenvalue weighted by Gasteiger charge is -2.04. The van der Waals surface area contributed by atoms with E-state index in [2.05, 4.69) is 31.4 Å². The van der Waals surface area contributed by atoms with Gasteiger partial charge in [0.05, 0.1) is 5.75 Å². The second-order valence-electron chi connectivity index (χ2n) is 4.67. The number of anilines is 1. The summed E-state index contributed by atoms with van der Waals surface area (Å²) in [6.07, 6.45) is 0. The SMILES string of the molecule is Cn1c(SCC(=O)Nc2ccccc2)nnc1-c1ccc(Br)o1. The largest absolute Gasteiger partial charge is 0.446 e. The van der Waals surface area contributed by atoms with Gasteiger partial charge in [0.2, 0.25) is 5.91 Å².